The first-order valence-electron chi connectivity index (χ1n) is 9.93. The van der Waals surface area contributed by atoms with E-state index in [-0.39, 0.29) is 12.4 Å². The minimum Gasteiger partial charge on any atom is -0.462 e. The summed E-state index contributed by atoms with van der Waals surface area (Å²) in [5.74, 6) is 1.48. The standard InChI is InChI=1S/C21H28N2O4S/c1-5-23-13(3)19(20(14(23)4)21(25)26-6-2)17(24)12-28-11-16-15-9-7-8-10-18(15)27-22-16/h5-12H2,1-4H3. The van der Waals surface area contributed by atoms with E-state index in [9.17, 15) is 9.59 Å². The fourth-order valence-electron chi connectivity index (χ4n) is 4.03. The van der Waals surface area contributed by atoms with E-state index in [1.807, 2.05) is 25.3 Å². The van der Waals surface area contributed by atoms with Crippen LogP contribution in [0.1, 0.15) is 75.8 Å². The lowest BCUT2D eigenvalue weighted by atomic mass is 9.97. The van der Waals surface area contributed by atoms with Gasteiger partial charge in [0.2, 0.25) is 0 Å². The molecule has 2 aromatic heterocycles. The normalized spacial score (nSPS) is 13.4. The van der Waals surface area contributed by atoms with Crippen LogP contribution in [0, 0.1) is 13.8 Å². The largest absolute Gasteiger partial charge is 0.462 e. The van der Waals surface area contributed by atoms with Crippen molar-refractivity contribution < 1.29 is 18.8 Å². The lowest BCUT2D eigenvalue weighted by Gasteiger charge is -2.09. The van der Waals surface area contributed by atoms with Gasteiger partial charge in [-0.2, -0.15) is 0 Å². The maximum atomic E-state index is 13.0. The van der Waals surface area contributed by atoms with Gasteiger partial charge in [0.15, 0.2) is 5.78 Å². The Bertz CT molecular complexity index is 882. The summed E-state index contributed by atoms with van der Waals surface area (Å²) >= 11 is 1.52. The number of ether oxygens (including phenoxy) is 1. The zero-order valence-electron chi connectivity index (χ0n) is 17.1. The molecule has 28 heavy (non-hydrogen) atoms. The van der Waals surface area contributed by atoms with E-state index in [1.54, 1.807) is 6.92 Å². The smallest absolute Gasteiger partial charge is 0.340 e. The number of carbonyl (C=O) groups is 2. The highest BCUT2D eigenvalue weighted by Gasteiger charge is 2.28. The van der Waals surface area contributed by atoms with Crippen LogP contribution in [0.15, 0.2) is 4.52 Å². The second-order valence-corrected chi connectivity index (χ2v) is 8.03. The van der Waals surface area contributed by atoms with Crippen LogP contribution in [0.2, 0.25) is 0 Å². The molecule has 6 nitrogen and oxygen atoms in total. The van der Waals surface area contributed by atoms with Crippen LogP contribution in [-0.2, 0) is 29.9 Å². The van der Waals surface area contributed by atoms with Gasteiger partial charge < -0.3 is 13.8 Å². The highest BCUT2D eigenvalue weighted by Crippen LogP contribution is 2.28. The number of rotatable bonds is 8. The number of carbonyl (C=O) groups excluding carboxylic acids is 2. The molecule has 0 saturated carbocycles. The lowest BCUT2D eigenvalue weighted by molar-refractivity contribution is 0.0522. The first-order chi connectivity index (χ1) is 13.5. The summed E-state index contributed by atoms with van der Waals surface area (Å²) in [6, 6.07) is 0. The first-order valence-corrected chi connectivity index (χ1v) is 11.1. The molecule has 7 heteroatoms. The van der Waals surface area contributed by atoms with Crippen molar-refractivity contribution in [1.29, 1.82) is 0 Å². The monoisotopic (exact) mass is 404 g/mol. The number of nitrogens with zero attached hydrogens (tertiary/aromatic N) is 2. The third kappa shape index (κ3) is 3.90. The van der Waals surface area contributed by atoms with Gasteiger partial charge in [-0.3, -0.25) is 4.79 Å². The molecule has 0 spiro atoms. The Morgan fingerprint density at radius 1 is 1.14 bits per heavy atom. The van der Waals surface area contributed by atoms with E-state index < -0.39 is 5.97 Å². The molecule has 152 valence electrons. The fourth-order valence-corrected chi connectivity index (χ4v) is 4.88. The van der Waals surface area contributed by atoms with Gasteiger partial charge in [-0.25, -0.2) is 4.79 Å². The number of fused-ring (bicyclic) bond motifs is 1. The molecule has 1 aliphatic rings. The van der Waals surface area contributed by atoms with Crippen LogP contribution in [0.25, 0.3) is 0 Å². The Morgan fingerprint density at radius 3 is 2.57 bits per heavy atom. The Labute approximate surface area is 170 Å². The van der Waals surface area contributed by atoms with Crippen molar-refractivity contribution in [2.75, 3.05) is 12.4 Å². The SMILES string of the molecule is CCOC(=O)c1c(C(=O)CSCc2noc3c2CCCC3)c(C)n(CC)c1C. The number of aryl methyl sites for hydroxylation is 1. The number of esters is 1. The van der Waals surface area contributed by atoms with Crippen molar-refractivity contribution >= 4 is 23.5 Å². The number of hydrogen-bond acceptors (Lipinski definition) is 6. The van der Waals surface area contributed by atoms with Gasteiger partial charge in [0, 0.05) is 35.7 Å². The van der Waals surface area contributed by atoms with E-state index in [1.165, 1.54) is 17.3 Å². The number of ketones is 1. The minimum atomic E-state index is -0.422. The van der Waals surface area contributed by atoms with Crippen LogP contribution >= 0.6 is 11.8 Å². The second-order valence-electron chi connectivity index (χ2n) is 7.04. The summed E-state index contributed by atoms with van der Waals surface area (Å²) in [6.07, 6.45) is 4.28. The van der Waals surface area contributed by atoms with Crippen LogP contribution in [-0.4, -0.2) is 33.8 Å². The van der Waals surface area contributed by atoms with E-state index in [2.05, 4.69) is 5.16 Å². The molecular weight excluding hydrogens is 376 g/mol. The predicted octanol–water partition coefficient (Wildman–Crippen LogP) is 4.28. The van der Waals surface area contributed by atoms with Crippen molar-refractivity contribution in [2.45, 2.75) is 65.7 Å². The molecular formula is C21H28N2O4S. The van der Waals surface area contributed by atoms with E-state index in [0.29, 0.717) is 29.2 Å². The molecule has 0 aromatic carbocycles. The summed E-state index contributed by atoms with van der Waals surface area (Å²) in [6.45, 7) is 8.53. The molecule has 2 aromatic rings. The van der Waals surface area contributed by atoms with Crippen LogP contribution in [0.4, 0.5) is 0 Å². The molecule has 0 bridgehead atoms. The Kier molecular flexibility index (Phi) is 6.65. The van der Waals surface area contributed by atoms with Crippen molar-refractivity contribution in [2.24, 2.45) is 0 Å². The summed E-state index contributed by atoms with van der Waals surface area (Å²) in [4.78, 5) is 25.5. The molecule has 0 unspecified atom stereocenters. The first kappa shape index (κ1) is 20.7. The zero-order valence-corrected chi connectivity index (χ0v) is 17.9. The number of hydrogen-bond donors (Lipinski definition) is 0. The van der Waals surface area contributed by atoms with Crippen molar-refractivity contribution in [3.63, 3.8) is 0 Å². The number of Topliss-reactive ketones (excluding diaryl/α,β-unsaturated/α-hetero) is 1. The van der Waals surface area contributed by atoms with Gasteiger partial charge in [-0.05, 0) is 47.0 Å². The summed E-state index contributed by atoms with van der Waals surface area (Å²) in [7, 11) is 0. The van der Waals surface area contributed by atoms with Crippen molar-refractivity contribution in [3.05, 3.63) is 39.5 Å². The van der Waals surface area contributed by atoms with Gasteiger partial charge in [0.1, 0.15) is 5.76 Å². The molecule has 2 heterocycles. The van der Waals surface area contributed by atoms with Gasteiger partial charge in [-0.15, -0.1) is 11.8 Å². The van der Waals surface area contributed by atoms with Crippen LogP contribution in [0.5, 0.6) is 0 Å². The molecule has 0 amide bonds. The highest BCUT2D eigenvalue weighted by molar-refractivity contribution is 7.99. The average molecular weight is 405 g/mol. The molecule has 0 saturated heterocycles. The average Bonchev–Trinajstić information content (AvgIpc) is 3.20. The molecule has 0 N–H and O–H groups in total. The quantitative estimate of drug-likeness (QED) is 0.483. The highest BCUT2D eigenvalue weighted by atomic mass is 32.2. The summed E-state index contributed by atoms with van der Waals surface area (Å²) < 4.78 is 12.6. The molecule has 0 atom stereocenters. The number of thioether (sulfide) groups is 1. The third-order valence-corrected chi connectivity index (χ3v) is 6.31. The van der Waals surface area contributed by atoms with Crippen molar-refractivity contribution in [1.82, 2.24) is 9.72 Å². The second kappa shape index (κ2) is 8.99. The zero-order chi connectivity index (χ0) is 20.3. The summed E-state index contributed by atoms with van der Waals surface area (Å²) in [5.41, 5.74) is 4.70. The lowest BCUT2D eigenvalue weighted by Crippen LogP contribution is -2.13. The maximum absolute atomic E-state index is 13.0. The molecule has 1 aliphatic carbocycles. The summed E-state index contributed by atoms with van der Waals surface area (Å²) in [5, 5.41) is 4.20. The number of aromatic nitrogens is 2. The fraction of sp³-hybridized carbons (Fsp3) is 0.571. The van der Waals surface area contributed by atoms with Gasteiger partial charge in [-0.1, -0.05) is 5.16 Å². The maximum Gasteiger partial charge on any atom is 0.340 e. The predicted molar refractivity (Wildman–Crippen MR) is 109 cm³/mol. The molecule has 0 radical (unpaired) electrons. The minimum absolute atomic E-state index is 0.0433. The van der Waals surface area contributed by atoms with E-state index >= 15 is 0 Å². The molecule has 0 aliphatic heterocycles. The van der Waals surface area contributed by atoms with Gasteiger partial charge in [0.25, 0.3) is 0 Å². The molecule has 0 fully saturated rings. The Morgan fingerprint density at radius 2 is 1.86 bits per heavy atom. The van der Waals surface area contributed by atoms with Gasteiger partial charge in [0.05, 0.1) is 29.2 Å². The topological polar surface area (TPSA) is 74.3 Å². The van der Waals surface area contributed by atoms with Crippen molar-refractivity contribution in [3.8, 4) is 0 Å². The Balaban J connectivity index is 1.75. The van der Waals surface area contributed by atoms with E-state index in [4.69, 9.17) is 9.26 Å². The van der Waals surface area contributed by atoms with Gasteiger partial charge >= 0.3 is 5.97 Å². The van der Waals surface area contributed by atoms with Crippen LogP contribution in [0.3, 0.4) is 0 Å². The molecule has 3 rings (SSSR count). The Hall–Kier alpha value is -2.02. The van der Waals surface area contributed by atoms with Crippen LogP contribution < -0.4 is 0 Å². The van der Waals surface area contributed by atoms with E-state index in [0.717, 1.165) is 48.5 Å². The third-order valence-electron chi connectivity index (χ3n) is 5.36.